The van der Waals surface area contributed by atoms with Crippen LogP contribution in [-0.2, 0) is 9.05 Å². The van der Waals surface area contributed by atoms with Crippen molar-refractivity contribution in [1.29, 1.82) is 0 Å². The van der Waals surface area contributed by atoms with Crippen molar-refractivity contribution in [1.82, 2.24) is 9.38 Å². The lowest BCUT2D eigenvalue weighted by Crippen LogP contribution is -2.00. The number of pyridine rings is 1. The highest BCUT2D eigenvalue weighted by Crippen LogP contribution is 2.43. The van der Waals surface area contributed by atoms with E-state index >= 15 is 0 Å². The Bertz CT molecular complexity index is 702. The molecule has 1 aliphatic carbocycles. The van der Waals surface area contributed by atoms with E-state index < -0.39 is 9.05 Å². The number of halogens is 1. The van der Waals surface area contributed by atoms with Crippen LogP contribution >= 0.6 is 10.7 Å². The van der Waals surface area contributed by atoms with E-state index in [4.69, 9.17) is 10.7 Å². The quantitative estimate of drug-likeness (QED) is 0.788. The number of hydrogen-bond acceptors (Lipinski definition) is 3. The summed E-state index contributed by atoms with van der Waals surface area (Å²) in [5, 5.41) is 0.139. The van der Waals surface area contributed by atoms with Gasteiger partial charge in [0.15, 0.2) is 5.03 Å². The van der Waals surface area contributed by atoms with Crippen LogP contribution in [0.3, 0.4) is 0 Å². The minimum atomic E-state index is -3.77. The van der Waals surface area contributed by atoms with E-state index in [2.05, 4.69) is 4.98 Å². The monoisotopic (exact) mass is 270 g/mol. The van der Waals surface area contributed by atoms with Gasteiger partial charge in [-0.1, -0.05) is 6.07 Å². The third-order valence-corrected chi connectivity index (χ3v) is 4.25. The zero-order valence-electron chi connectivity index (χ0n) is 9.22. The lowest BCUT2D eigenvalue weighted by atomic mass is 10.3. The van der Waals surface area contributed by atoms with E-state index in [-0.39, 0.29) is 10.9 Å². The summed E-state index contributed by atoms with van der Waals surface area (Å²) in [5.41, 5.74) is 2.22. The van der Waals surface area contributed by atoms with Gasteiger partial charge in [-0.25, -0.2) is 13.4 Å². The van der Waals surface area contributed by atoms with Gasteiger partial charge in [-0.05, 0) is 31.4 Å². The Labute approximate surface area is 104 Å². The molecule has 0 radical (unpaired) electrons. The molecule has 2 heterocycles. The highest BCUT2D eigenvalue weighted by atomic mass is 35.7. The van der Waals surface area contributed by atoms with Crippen molar-refractivity contribution < 1.29 is 8.42 Å². The molecule has 17 heavy (non-hydrogen) atoms. The summed E-state index contributed by atoms with van der Waals surface area (Å²) in [4.78, 5) is 4.38. The van der Waals surface area contributed by atoms with E-state index in [0.717, 1.165) is 18.4 Å². The second kappa shape index (κ2) is 3.46. The van der Waals surface area contributed by atoms with Crippen LogP contribution < -0.4 is 0 Å². The molecule has 1 aliphatic rings. The van der Waals surface area contributed by atoms with E-state index in [0.29, 0.717) is 11.3 Å². The summed E-state index contributed by atoms with van der Waals surface area (Å²) < 4.78 is 24.9. The molecule has 2 aromatic heterocycles. The van der Waals surface area contributed by atoms with Gasteiger partial charge in [-0.2, -0.15) is 0 Å². The topological polar surface area (TPSA) is 51.4 Å². The first-order chi connectivity index (χ1) is 7.97. The van der Waals surface area contributed by atoms with Crippen LogP contribution in [0.4, 0.5) is 0 Å². The molecular formula is C11H11ClN2O2S. The molecule has 3 rings (SSSR count). The zero-order chi connectivity index (χ0) is 12.2. The molecule has 90 valence electrons. The zero-order valence-corrected chi connectivity index (χ0v) is 10.8. The number of hydrogen-bond donors (Lipinski definition) is 0. The van der Waals surface area contributed by atoms with E-state index in [9.17, 15) is 8.42 Å². The summed E-state index contributed by atoms with van der Waals surface area (Å²) in [6.45, 7) is 1.90. The Kier molecular flexibility index (Phi) is 2.25. The molecule has 1 fully saturated rings. The van der Waals surface area contributed by atoms with Gasteiger partial charge in [0.05, 0.1) is 5.69 Å². The predicted molar refractivity (Wildman–Crippen MR) is 64.9 cm³/mol. The minimum absolute atomic E-state index is 0.139. The average Bonchev–Trinajstić information content (AvgIpc) is 2.97. The molecule has 0 aromatic carbocycles. The molecule has 1 saturated carbocycles. The molecule has 0 saturated heterocycles. The van der Waals surface area contributed by atoms with E-state index in [1.807, 2.05) is 19.1 Å². The number of imidazole rings is 1. The Morgan fingerprint density at radius 2 is 2.12 bits per heavy atom. The third-order valence-electron chi connectivity index (χ3n) is 2.94. The largest absolute Gasteiger partial charge is 0.289 e. The maximum atomic E-state index is 11.7. The van der Waals surface area contributed by atoms with Crippen molar-refractivity contribution in [3.05, 3.63) is 29.6 Å². The fraction of sp³-hybridized carbons (Fsp3) is 0.364. The average molecular weight is 271 g/mol. The summed E-state index contributed by atoms with van der Waals surface area (Å²) in [5.74, 6) is 0.249. The van der Waals surface area contributed by atoms with Gasteiger partial charge in [0.2, 0.25) is 0 Å². The van der Waals surface area contributed by atoms with Crippen molar-refractivity contribution >= 4 is 25.4 Å². The van der Waals surface area contributed by atoms with E-state index in [1.165, 1.54) is 0 Å². The van der Waals surface area contributed by atoms with Gasteiger partial charge in [0.1, 0.15) is 5.65 Å². The summed E-state index contributed by atoms with van der Waals surface area (Å²) in [7, 11) is 1.75. The van der Waals surface area contributed by atoms with Crippen LogP contribution in [0.1, 0.15) is 30.0 Å². The van der Waals surface area contributed by atoms with Gasteiger partial charge in [-0.3, -0.25) is 4.40 Å². The Balaban J connectivity index is 2.41. The summed E-state index contributed by atoms with van der Waals surface area (Å²) in [6, 6.07) is 3.72. The molecule has 0 N–H and O–H groups in total. The van der Waals surface area contributed by atoms with Crippen molar-refractivity contribution in [2.24, 2.45) is 0 Å². The van der Waals surface area contributed by atoms with Crippen LogP contribution in [-0.4, -0.2) is 17.8 Å². The van der Waals surface area contributed by atoms with Crippen molar-refractivity contribution in [2.75, 3.05) is 0 Å². The molecule has 0 unspecified atom stereocenters. The van der Waals surface area contributed by atoms with Gasteiger partial charge >= 0.3 is 0 Å². The van der Waals surface area contributed by atoms with Crippen LogP contribution in [0.25, 0.3) is 5.65 Å². The lowest BCUT2D eigenvalue weighted by molar-refractivity contribution is 0.603. The second-order valence-corrected chi connectivity index (χ2v) is 6.93. The Hall–Kier alpha value is -1.07. The predicted octanol–water partition coefficient (Wildman–Crippen LogP) is 2.45. The first-order valence-corrected chi connectivity index (χ1v) is 7.71. The van der Waals surface area contributed by atoms with Gasteiger partial charge < -0.3 is 0 Å². The summed E-state index contributed by atoms with van der Waals surface area (Å²) >= 11 is 0. The van der Waals surface area contributed by atoms with Crippen molar-refractivity contribution in [3.63, 3.8) is 0 Å². The van der Waals surface area contributed by atoms with E-state index in [1.54, 1.807) is 10.6 Å². The first kappa shape index (κ1) is 11.0. The van der Waals surface area contributed by atoms with Crippen LogP contribution in [0.15, 0.2) is 23.4 Å². The highest BCUT2D eigenvalue weighted by molar-refractivity contribution is 8.13. The number of nitrogens with zero attached hydrogens (tertiary/aromatic N) is 2. The fourth-order valence-corrected chi connectivity index (χ4v) is 3.32. The smallest absolute Gasteiger partial charge is 0.279 e. The van der Waals surface area contributed by atoms with Crippen LogP contribution in [0.2, 0.25) is 0 Å². The second-order valence-electron chi connectivity index (χ2n) is 4.45. The number of fused-ring (bicyclic) bond motifs is 1. The maximum Gasteiger partial charge on any atom is 0.279 e. The molecule has 6 heteroatoms. The first-order valence-electron chi connectivity index (χ1n) is 5.40. The Morgan fingerprint density at radius 3 is 2.71 bits per heavy atom. The van der Waals surface area contributed by atoms with Crippen molar-refractivity contribution in [2.45, 2.75) is 30.7 Å². The third kappa shape index (κ3) is 1.83. The van der Waals surface area contributed by atoms with Gasteiger partial charge in [0, 0.05) is 22.8 Å². The van der Waals surface area contributed by atoms with Gasteiger partial charge in [0.25, 0.3) is 9.05 Å². The van der Waals surface area contributed by atoms with Crippen LogP contribution in [0, 0.1) is 6.92 Å². The molecule has 0 aliphatic heterocycles. The van der Waals surface area contributed by atoms with Crippen molar-refractivity contribution in [3.8, 4) is 0 Å². The SMILES string of the molecule is Cc1ccc2nc(C3CC3)c(S(=O)(=O)Cl)n2c1. The number of aryl methyl sites for hydroxylation is 1. The summed E-state index contributed by atoms with van der Waals surface area (Å²) in [6.07, 6.45) is 3.73. The number of rotatable bonds is 2. The molecule has 0 atom stereocenters. The normalized spacial score (nSPS) is 16.6. The Morgan fingerprint density at radius 1 is 1.41 bits per heavy atom. The number of aromatic nitrogens is 2. The molecule has 0 bridgehead atoms. The molecule has 4 nitrogen and oxygen atoms in total. The fourth-order valence-electron chi connectivity index (χ4n) is 2.01. The standard InChI is InChI=1S/C11H11ClN2O2S/c1-7-2-5-9-13-10(8-3-4-8)11(14(9)6-7)17(12,15)16/h2,5-6,8H,3-4H2,1H3. The molecule has 0 amide bonds. The van der Waals surface area contributed by atoms with Gasteiger partial charge in [-0.15, -0.1) is 0 Å². The molecular weight excluding hydrogens is 260 g/mol. The highest BCUT2D eigenvalue weighted by Gasteiger charge is 2.34. The minimum Gasteiger partial charge on any atom is -0.289 e. The molecule has 0 spiro atoms. The lowest BCUT2D eigenvalue weighted by Gasteiger charge is -2.00. The van der Waals surface area contributed by atoms with Crippen LogP contribution in [0.5, 0.6) is 0 Å². The maximum absolute atomic E-state index is 11.7. The molecule has 2 aromatic rings.